The molecule has 1 aliphatic carbocycles. The fourth-order valence-corrected chi connectivity index (χ4v) is 12.2. The highest BCUT2D eigenvalue weighted by Gasteiger charge is 2.36. The van der Waals surface area contributed by atoms with Crippen molar-refractivity contribution in [2.24, 2.45) is 0 Å². The standard InChI is InChI=1S/C57H39NS2/c1-57(2)50-20-6-3-14-49(50)54-42(15-11-21-51(54)57)36-24-30-39(31-25-36)58(40-32-26-37(27-33-40)43-16-9-18-47-45-12-4-7-22-52(45)59-55(43)47)41-34-28-38(29-35-41)44-17-10-19-48-46-13-5-8-23-53(46)60-56(44)48/h3-35H,1-2H3. The fourth-order valence-electron chi connectivity index (χ4n) is 9.76. The molecule has 11 aromatic rings. The summed E-state index contributed by atoms with van der Waals surface area (Å²) in [5.74, 6) is 0. The van der Waals surface area contributed by atoms with Crippen LogP contribution in [0.4, 0.5) is 17.1 Å². The quantitative estimate of drug-likeness (QED) is 0.162. The monoisotopic (exact) mass is 801 g/mol. The van der Waals surface area contributed by atoms with E-state index in [0.29, 0.717) is 0 Å². The van der Waals surface area contributed by atoms with Gasteiger partial charge in [0.25, 0.3) is 0 Å². The van der Waals surface area contributed by atoms with Gasteiger partial charge in [0.1, 0.15) is 0 Å². The van der Waals surface area contributed by atoms with Crippen LogP contribution in [-0.2, 0) is 5.41 Å². The molecule has 0 unspecified atom stereocenters. The third-order valence-electron chi connectivity index (χ3n) is 12.7. The van der Waals surface area contributed by atoms with Crippen molar-refractivity contribution >= 4 is 80.1 Å². The van der Waals surface area contributed by atoms with Crippen molar-refractivity contribution in [3.63, 3.8) is 0 Å². The first-order chi connectivity index (χ1) is 29.5. The molecule has 0 amide bonds. The van der Waals surface area contributed by atoms with E-state index in [9.17, 15) is 0 Å². The van der Waals surface area contributed by atoms with Gasteiger partial charge in [-0.25, -0.2) is 0 Å². The van der Waals surface area contributed by atoms with Gasteiger partial charge in [-0.1, -0.05) is 166 Å². The first kappa shape index (κ1) is 35.2. The second kappa shape index (κ2) is 13.6. The van der Waals surface area contributed by atoms with E-state index in [0.717, 1.165) is 17.1 Å². The highest BCUT2D eigenvalue weighted by Crippen LogP contribution is 2.52. The van der Waals surface area contributed by atoms with E-state index >= 15 is 0 Å². The van der Waals surface area contributed by atoms with Crippen LogP contribution >= 0.6 is 22.7 Å². The molecule has 1 nitrogen and oxygen atoms in total. The SMILES string of the molecule is CC1(C)c2ccccc2-c2c(-c3ccc(N(c4ccc(-c5cccc6c5sc5ccccc56)cc4)c4ccc(-c5cccc6c5sc5ccccc56)cc4)cc3)cccc21. The van der Waals surface area contributed by atoms with Crippen molar-refractivity contribution in [1.82, 2.24) is 0 Å². The van der Waals surface area contributed by atoms with Crippen molar-refractivity contribution in [2.75, 3.05) is 4.90 Å². The molecular weight excluding hydrogens is 763 g/mol. The highest BCUT2D eigenvalue weighted by molar-refractivity contribution is 7.26. The Labute approximate surface area is 358 Å². The lowest BCUT2D eigenvalue weighted by molar-refractivity contribution is 0.660. The summed E-state index contributed by atoms with van der Waals surface area (Å²) in [6.45, 7) is 4.70. The lowest BCUT2D eigenvalue weighted by atomic mass is 9.82. The Morgan fingerprint density at radius 1 is 0.333 bits per heavy atom. The zero-order valence-corrected chi connectivity index (χ0v) is 34.9. The number of fused-ring (bicyclic) bond motifs is 9. The molecule has 12 rings (SSSR count). The Morgan fingerprint density at radius 3 is 1.25 bits per heavy atom. The van der Waals surface area contributed by atoms with Gasteiger partial charge in [0.15, 0.2) is 0 Å². The Kier molecular flexibility index (Phi) is 8.00. The molecular formula is C57H39NS2. The summed E-state index contributed by atoms with van der Waals surface area (Å²) in [7, 11) is 0. The van der Waals surface area contributed by atoms with Crippen LogP contribution in [0.5, 0.6) is 0 Å². The molecule has 3 heteroatoms. The van der Waals surface area contributed by atoms with Crippen LogP contribution in [0.2, 0.25) is 0 Å². The summed E-state index contributed by atoms with van der Waals surface area (Å²) >= 11 is 3.76. The Balaban J connectivity index is 0.959. The number of hydrogen-bond donors (Lipinski definition) is 0. The average Bonchev–Trinajstić information content (AvgIpc) is 3.95. The third-order valence-corrected chi connectivity index (χ3v) is 15.2. The third kappa shape index (κ3) is 5.43. The lowest BCUT2D eigenvalue weighted by Crippen LogP contribution is -2.14. The van der Waals surface area contributed by atoms with Crippen LogP contribution in [0.3, 0.4) is 0 Å². The van der Waals surface area contributed by atoms with Crippen LogP contribution in [0.1, 0.15) is 25.0 Å². The largest absolute Gasteiger partial charge is 0.311 e. The zero-order valence-electron chi connectivity index (χ0n) is 33.3. The molecule has 284 valence electrons. The Hall–Kier alpha value is -6.78. The number of nitrogens with zero attached hydrogens (tertiary/aromatic N) is 1. The Bertz CT molecular complexity index is 3280. The van der Waals surface area contributed by atoms with Crippen LogP contribution < -0.4 is 4.90 Å². The lowest BCUT2D eigenvalue weighted by Gasteiger charge is -2.26. The number of anilines is 3. The number of hydrogen-bond acceptors (Lipinski definition) is 3. The summed E-state index contributed by atoms with van der Waals surface area (Å²) in [4.78, 5) is 2.39. The highest BCUT2D eigenvalue weighted by atomic mass is 32.1. The van der Waals surface area contributed by atoms with Gasteiger partial charge in [-0.05, 0) is 104 Å². The molecule has 0 fully saturated rings. The Morgan fingerprint density at radius 2 is 0.717 bits per heavy atom. The topological polar surface area (TPSA) is 3.24 Å². The zero-order chi connectivity index (χ0) is 40.0. The molecule has 2 aromatic heterocycles. The van der Waals surface area contributed by atoms with Gasteiger partial charge in [-0.15, -0.1) is 22.7 Å². The average molecular weight is 802 g/mol. The second-order valence-electron chi connectivity index (χ2n) is 16.4. The number of benzene rings is 9. The maximum absolute atomic E-state index is 2.39. The van der Waals surface area contributed by atoms with Gasteiger partial charge in [-0.3, -0.25) is 0 Å². The fraction of sp³-hybridized carbons (Fsp3) is 0.0526. The molecule has 0 spiro atoms. The maximum atomic E-state index is 2.39. The van der Waals surface area contributed by atoms with Gasteiger partial charge in [0, 0.05) is 62.8 Å². The minimum atomic E-state index is -0.0397. The summed E-state index contributed by atoms with van der Waals surface area (Å²) in [5.41, 5.74) is 16.3. The summed E-state index contributed by atoms with van der Waals surface area (Å²) in [6.07, 6.45) is 0. The van der Waals surface area contributed by atoms with E-state index in [4.69, 9.17) is 0 Å². The maximum Gasteiger partial charge on any atom is 0.0462 e. The number of rotatable bonds is 6. The molecule has 0 radical (unpaired) electrons. The van der Waals surface area contributed by atoms with E-state index in [-0.39, 0.29) is 5.41 Å². The predicted octanol–water partition coefficient (Wildman–Crippen LogP) is 17.2. The van der Waals surface area contributed by atoms with Crippen molar-refractivity contribution in [2.45, 2.75) is 19.3 Å². The second-order valence-corrected chi connectivity index (χ2v) is 18.5. The molecule has 9 aromatic carbocycles. The van der Waals surface area contributed by atoms with Crippen LogP contribution in [0.25, 0.3) is 84.9 Å². The first-order valence-corrected chi connectivity index (χ1v) is 22.3. The van der Waals surface area contributed by atoms with E-state index in [2.05, 4.69) is 219 Å². The molecule has 0 saturated heterocycles. The molecule has 0 N–H and O–H groups in total. The summed E-state index contributed by atoms with van der Waals surface area (Å²) < 4.78 is 5.32. The molecule has 2 heterocycles. The molecule has 60 heavy (non-hydrogen) atoms. The molecule has 0 bridgehead atoms. The van der Waals surface area contributed by atoms with Gasteiger partial charge in [0.05, 0.1) is 0 Å². The van der Waals surface area contributed by atoms with Crippen molar-refractivity contribution in [1.29, 1.82) is 0 Å². The minimum absolute atomic E-state index is 0.0397. The van der Waals surface area contributed by atoms with Crippen molar-refractivity contribution in [3.05, 3.63) is 211 Å². The van der Waals surface area contributed by atoms with Gasteiger partial charge >= 0.3 is 0 Å². The first-order valence-electron chi connectivity index (χ1n) is 20.7. The van der Waals surface area contributed by atoms with Gasteiger partial charge in [0.2, 0.25) is 0 Å². The predicted molar refractivity (Wildman–Crippen MR) is 261 cm³/mol. The summed E-state index contributed by atoms with van der Waals surface area (Å²) in [5, 5.41) is 5.29. The van der Waals surface area contributed by atoms with E-state index in [1.165, 1.54) is 96.0 Å². The van der Waals surface area contributed by atoms with Crippen LogP contribution in [0.15, 0.2) is 200 Å². The van der Waals surface area contributed by atoms with Crippen molar-refractivity contribution < 1.29 is 0 Å². The molecule has 0 saturated carbocycles. The number of thiophene rings is 2. The van der Waals surface area contributed by atoms with Crippen molar-refractivity contribution in [3.8, 4) is 44.5 Å². The van der Waals surface area contributed by atoms with E-state index in [1.54, 1.807) is 0 Å². The molecule has 0 aliphatic heterocycles. The summed E-state index contributed by atoms with van der Waals surface area (Å²) in [6, 6.07) is 74.1. The van der Waals surface area contributed by atoms with Gasteiger partial charge < -0.3 is 4.90 Å². The van der Waals surface area contributed by atoms with Gasteiger partial charge in [-0.2, -0.15) is 0 Å². The minimum Gasteiger partial charge on any atom is -0.311 e. The van der Waals surface area contributed by atoms with E-state index in [1.807, 2.05) is 22.7 Å². The normalized spacial score (nSPS) is 13.0. The molecule has 0 atom stereocenters. The molecule has 1 aliphatic rings. The smallest absolute Gasteiger partial charge is 0.0462 e. The van der Waals surface area contributed by atoms with Crippen LogP contribution in [-0.4, -0.2) is 0 Å². The van der Waals surface area contributed by atoms with E-state index < -0.39 is 0 Å². The van der Waals surface area contributed by atoms with Crippen LogP contribution in [0, 0.1) is 0 Å².